The Morgan fingerprint density at radius 2 is 0.465 bits per heavy atom. The number of carbonyl (C=O) groups excluding carboxylic acids is 4. The van der Waals surface area contributed by atoms with E-state index in [1.807, 2.05) is 0 Å². The zero-order valence-electron chi connectivity index (χ0n) is 55.3. The molecule has 0 aromatic carbocycles. The number of carbonyl (C=O) groups is 4. The molecule has 0 aliphatic heterocycles. The Morgan fingerprint density at radius 1 is 0.279 bits per heavy atom. The third-order valence-corrected chi connectivity index (χ3v) is 17.5. The molecule has 17 nitrogen and oxygen atoms in total. The molecule has 2 unspecified atom stereocenters. The maximum Gasteiger partial charge on any atom is 0.472 e. The molecule has 0 fully saturated rings. The van der Waals surface area contributed by atoms with E-state index in [0.717, 1.165) is 89.9 Å². The average molecular weight is 1270 g/mol. The summed E-state index contributed by atoms with van der Waals surface area (Å²) in [5.74, 6) is -2.13. The second-order valence-electron chi connectivity index (χ2n) is 24.2. The summed E-state index contributed by atoms with van der Waals surface area (Å²) >= 11 is 0. The van der Waals surface area contributed by atoms with Gasteiger partial charge in [-0.05, 0) is 25.7 Å². The Bertz CT molecular complexity index is 1650. The van der Waals surface area contributed by atoms with Crippen LogP contribution in [0, 0.1) is 0 Å². The van der Waals surface area contributed by atoms with Crippen LogP contribution in [0.3, 0.4) is 0 Å². The Morgan fingerprint density at radius 3 is 0.686 bits per heavy atom. The fourth-order valence-electron chi connectivity index (χ4n) is 10.2. The van der Waals surface area contributed by atoms with Crippen molar-refractivity contribution in [1.29, 1.82) is 0 Å². The maximum absolute atomic E-state index is 13.0. The van der Waals surface area contributed by atoms with Gasteiger partial charge in [0.05, 0.1) is 26.4 Å². The minimum absolute atomic E-state index is 0.107. The summed E-state index contributed by atoms with van der Waals surface area (Å²) < 4.78 is 68.1. The SMILES string of the molecule is CCCCCCCCCCCCCCCCCC(=O)OC[C@H](COP(=O)(O)OC[C@H](O)COP(=O)(O)OC[C@@H](COC(=O)CCCCCCCCCCCCCC)OC(=O)CCCCCCCCCCCC)OC(=O)CCCCCCCCCCC. The third kappa shape index (κ3) is 60.9. The monoisotopic (exact) mass is 1270 g/mol. The van der Waals surface area contributed by atoms with Crippen molar-refractivity contribution < 1.29 is 80.2 Å². The molecule has 0 amide bonds. The molecule has 86 heavy (non-hydrogen) atoms. The van der Waals surface area contributed by atoms with Crippen LogP contribution in [-0.4, -0.2) is 96.7 Å². The first-order chi connectivity index (χ1) is 41.7. The van der Waals surface area contributed by atoms with E-state index in [1.54, 1.807) is 0 Å². The first-order valence-corrected chi connectivity index (χ1v) is 38.3. The van der Waals surface area contributed by atoms with Crippen LogP contribution in [0.15, 0.2) is 0 Å². The average Bonchev–Trinajstić information content (AvgIpc) is 3.71. The van der Waals surface area contributed by atoms with Crippen LogP contribution in [0.5, 0.6) is 0 Å². The van der Waals surface area contributed by atoms with Crippen molar-refractivity contribution in [2.45, 2.75) is 367 Å². The van der Waals surface area contributed by atoms with Gasteiger partial charge >= 0.3 is 39.5 Å². The Labute approximate surface area is 524 Å². The van der Waals surface area contributed by atoms with Crippen molar-refractivity contribution in [1.82, 2.24) is 0 Å². The van der Waals surface area contributed by atoms with E-state index in [1.165, 1.54) is 180 Å². The van der Waals surface area contributed by atoms with Crippen molar-refractivity contribution >= 4 is 39.5 Å². The van der Waals surface area contributed by atoms with Crippen LogP contribution in [0.1, 0.15) is 349 Å². The molecule has 0 aliphatic carbocycles. The lowest BCUT2D eigenvalue weighted by molar-refractivity contribution is -0.161. The lowest BCUT2D eigenvalue weighted by atomic mass is 10.0. The number of esters is 4. The van der Waals surface area contributed by atoms with Crippen LogP contribution >= 0.6 is 15.6 Å². The smallest absolute Gasteiger partial charge is 0.462 e. The number of hydrogen-bond donors (Lipinski definition) is 3. The molecule has 0 radical (unpaired) electrons. The standard InChI is InChI=1S/C67H130O17P2/c1-5-9-13-17-21-25-28-30-31-32-34-38-40-44-48-52-65(70)77-57-62(83-66(71)53-49-45-41-35-24-20-16-12-8-4)59-81-85(73,74)79-55-61(68)56-80-86(75,76)82-60-63(84-67(72)54-50-46-42-36-27-23-19-15-11-7-3)58-78-64(69)51-47-43-39-37-33-29-26-22-18-14-10-6-2/h61-63,68H,5-60H2,1-4H3,(H,73,74)(H,75,76)/t61-,62+,63+/m0/s1. The van der Waals surface area contributed by atoms with Gasteiger partial charge in [-0.2, -0.15) is 0 Å². The van der Waals surface area contributed by atoms with Gasteiger partial charge in [-0.15, -0.1) is 0 Å². The molecule has 0 saturated carbocycles. The van der Waals surface area contributed by atoms with Crippen LogP contribution in [0.25, 0.3) is 0 Å². The van der Waals surface area contributed by atoms with E-state index >= 15 is 0 Å². The van der Waals surface area contributed by atoms with Crippen LogP contribution in [0.2, 0.25) is 0 Å². The van der Waals surface area contributed by atoms with Gasteiger partial charge < -0.3 is 33.8 Å². The number of unbranched alkanes of at least 4 members (excludes halogenated alkanes) is 42. The number of aliphatic hydroxyl groups is 1. The van der Waals surface area contributed by atoms with Crippen molar-refractivity contribution in [3.05, 3.63) is 0 Å². The highest BCUT2D eigenvalue weighted by Crippen LogP contribution is 2.45. The number of ether oxygens (including phenoxy) is 4. The third-order valence-electron chi connectivity index (χ3n) is 15.6. The largest absolute Gasteiger partial charge is 0.472 e. The van der Waals surface area contributed by atoms with Crippen molar-refractivity contribution in [3.8, 4) is 0 Å². The highest BCUT2D eigenvalue weighted by molar-refractivity contribution is 7.47. The maximum atomic E-state index is 13.0. The molecular formula is C67H130O17P2. The molecule has 510 valence electrons. The second kappa shape index (κ2) is 61.9. The molecule has 0 aliphatic rings. The zero-order valence-corrected chi connectivity index (χ0v) is 57.1. The molecule has 3 N–H and O–H groups in total. The highest BCUT2D eigenvalue weighted by Gasteiger charge is 2.30. The van der Waals surface area contributed by atoms with Crippen molar-refractivity contribution in [2.24, 2.45) is 0 Å². The fourth-order valence-corrected chi connectivity index (χ4v) is 11.7. The molecular weight excluding hydrogens is 1140 g/mol. The first-order valence-electron chi connectivity index (χ1n) is 35.3. The first kappa shape index (κ1) is 84.1. The van der Waals surface area contributed by atoms with Crippen LogP contribution < -0.4 is 0 Å². The van der Waals surface area contributed by atoms with Gasteiger partial charge in [0, 0.05) is 25.7 Å². The van der Waals surface area contributed by atoms with Crippen LogP contribution in [0.4, 0.5) is 0 Å². The van der Waals surface area contributed by atoms with Gasteiger partial charge in [-0.25, -0.2) is 9.13 Å². The topological polar surface area (TPSA) is 237 Å². The summed E-state index contributed by atoms with van der Waals surface area (Å²) in [5, 5.41) is 10.5. The number of aliphatic hydroxyl groups excluding tert-OH is 1. The molecule has 0 rings (SSSR count). The molecule has 0 saturated heterocycles. The number of phosphoric ester groups is 2. The Hall–Kier alpha value is -1.94. The Balaban J connectivity index is 5.18. The lowest BCUT2D eigenvalue weighted by Gasteiger charge is -2.21. The number of hydrogen-bond acceptors (Lipinski definition) is 15. The van der Waals surface area contributed by atoms with E-state index in [0.29, 0.717) is 25.7 Å². The van der Waals surface area contributed by atoms with E-state index in [9.17, 15) is 43.2 Å². The molecule has 0 aromatic rings. The second-order valence-corrected chi connectivity index (χ2v) is 27.1. The van der Waals surface area contributed by atoms with Crippen molar-refractivity contribution in [3.63, 3.8) is 0 Å². The highest BCUT2D eigenvalue weighted by atomic mass is 31.2. The molecule has 0 spiro atoms. The summed E-state index contributed by atoms with van der Waals surface area (Å²) in [6.07, 6.45) is 48.4. The van der Waals surface area contributed by atoms with Gasteiger partial charge in [-0.1, -0.05) is 297 Å². The molecule has 5 atom stereocenters. The number of phosphoric acid groups is 2. The Kier molecular flexibility index (Phi) is 60.5. The van der Waals surface area contributed by atoms with Gasteiger partial charge in [0.1, 0.15) is 19.3 Å². The summed E-state index contributed by atoms with van der Waals surface area (Å²) in [6.45, 7) is 4.90. The summed E-state index contributed by atoms with van der Waals surface area (Å²) in [7, 11) is -9.89. The quantitative estimate of drug-likeness (QED) is 0.0222. The minimum atomic E-state index is -4.94. The van der Waals surface area contributed by atoms with Gasteiger partial charge in [0.2, 0.25) is 0 Å². The van der Waals surface area contributed by atoms with Gasteiger partial charge in [0.15, 0.2) is 12.2 Å². The summed E-state index contributed by atoms with van der Waals surface area (Å²) in [5.41, 5.74) is 0. The van der Waals surface area contributed by atoms with Gasteiger partial charge in [-0.3, -0.25) is 37.3 Å². The minimum Gasteiger partial charge on any atom is -0.462 e. The van der Waals surface area contributed by atoms with E-state index in [4.69, 9.17) is 37.0 Å². The molecule has 0 aromatic heterocycles. The lowest BCUT2D eigenvalue weighted by Crippen LogP contribution is -2.30. The number of rotatable bonds is 68. The van der Waals surface area contributed by atoms with Crippen molar-refractivity contribution in [2.75, 3.05) is 39.6 Å². The molecule has 19 heteroatoms. The molecule has 0 bridgehead atoms. The normalized spacial score (nSPS) is 14.1. The summed E-state index contributed by atoms with van der Waals surface area (Å²) in [4.78, 5) is 72.3. The van der Waals surface area contributed by atoms with Crippen LogP contribution in [-0.2, 0) is 65.4 Å². The van der Waals surface area contributed by atoms with E-state index < -0.39 is 97.5 Å². The van der Waals surface area contributed by atoms with Gasteiger partial charge in [0.25, 0.3) is 0 Å². The predicted molar refractivity (Wildman–Crippen MR) is 345 cm³/mol. The predicted octanol–water partition coefficient (Wildman–Crippen LogP) is 19.1. The van der Waals surface area contributed by atoms with E-state index in [-0.39, 0.29) is 25.7 Å². The summed E-state index contributed by atoms with van der Waals surface area (Å²) in [6, 6.07) is 0. The fraction of sp³-hybridized carbons (Fsp3) is 0.940. The molecule has 0 heterocycles. The zero-order chi connectivity index (χ0) is 63.3. The van der Waals surface area contributed by atoms with E-state index in [2.05, 4.69) is 27.7 Å².